The van der Waals surface area contributed by atoms with E-state index in [9.17, 15) is 0 Å². The zero-order chi connectivity index (χ0) is 14.8. The van der Waals surface area contributed by atoms with Gasteiger partial charge in [0.2, 0.25) is 0 Å². The van der Waals surface area contributed by atoms with Gasteiger partial charge in [0.15, 0.2) is 5.13 Å². The molecule has 0 aliphatic rings. The first-order valence-corrected chi connectivity index (χ1v) is 8.21. The van der Waals surface area contributed by atoms with Crippen LogP contribution >= 0.6 is 27.3 Å². The molecule has 21 heavy (non-hydrogen) atoms. The number of hydrogen-bond acceptors (Lipinski definition) is 4. The van der Waals surface area contributed by atoms with E-state index in [1.165, 1.54) is 11.1 Å². The number of pyridine rings is 1. The lowest BCUT2D eigenvalue weighted by atomic mass is 10.1. The fraction of sp³-hybridized carbons (Fsp3) is 0.125. The first-order chi connectivity index (χ1) is 10.1. The second-order valence-electron chi connectivity index (χ2n) is 4.82. The van der Waals surface area contributed by atoms with Crippen molar-refractivity contribution in [2.24, 2.45) is 0 Å². The molecule has 1 N–H and O–H groups in total. The molecule has 0 amide bonds. The number of hydrogen-bond donors (Lipinski definition) is 1. The molecule has 3 aromatic rings. The van der Waals surface area contributed by atoms with Crippen molar-refractivity contribution >= 4 is 38.2 Å². The molecule has 5 heteroatoms. The molecule has 1 aromatic carbocycles. The van der Waals surface area contributed by atoms with E-state index in [4.69, 9.17) is 0 Å². The Morgan fingerprint density at radius 1 is 1.10 bits per heavy atom. The highest BCUT2D eigenvalue weighted by Gasteiger charge is 2.06. The average Bonchev–Trinajstić information content (AvgIpc) is 2.93. The third-order valence-electron chi connectivity index (χ3n) is 3.27. The van der Waals surface area contributed by atoms with Crippen molar-refractivity contribution in [3.63, 3.8) is 0 Å². The Labute approximate surface area is 136 Å². The lowest BCUT2D eigenvalue weighted by Gasteiger charge is -2.03. The fourth-order valence-corrected chi connectivity index (χ4v) is 2.88. The van der Waals surface area contributed by atoms with Crippen LogP contribution in [-0.2, 0) is 0 Å². The summed E-state index contributed by atoms with van der Waals surface area (Å²) in [6.45, 7) is 4.24. The first kappa shape index (κ1) is 14.2. The van der Waals surface area contributed by atoms with Crippen molar-refractivity contribution < 1.29 is 0 Å². The molecule has 0 atom stereocenters. The second kappa shape index (κ2) is 5.95. The van der Waals surface area contributed by atoms with Gasteiger partial charge < -0.3 is 5.32 Å². The molecular formula is C16H14BrN3S. The quantitative estimate of drug-likeness (QED) is 0.686. The maximum absolute atomic E-state index is 4.62. The minimum atomic E-state index is 0.791. The Bertz CT molecular complexity index is 765. The molecule has 0 aliphatic heterocycles. The van der Waals surface area contributed by atoms with Crippen LogP contribution in [-0.4, -0.2) is 9.97 Å². The van der Waals surface area contributed by atoms with Crippen molar-refractivity contribution in [3.8, 4) is 11.3 Å². The number of aromatic nitrogens is 2. The van der Waals surface area contributed by atoms with Gasteiger partial charge in [-0.1, -0.05) is 12.1 Å². The van der Waals surface area contributed by atoms with Crippen LogP contribution in [0.15, 0.2) is 46.4 Å². The zero-order valence-electron chi connectivity index (χ0n) is 11.7. The SMILES string of the molecule is Cc1ccc(-c2csc(Nc3ccc(Br)cn3)n2)cc1C. The molecule has 0 spiro atoms. The van der Waals surface area contributed by atoms with Gasteiger partial charge in [0, 0.05) is 21.6 Å². The maximum Gasteiger partial charge on any atom is 0.188 e. The summed E-state index contributed by atoms with van der Waals surface area (Å²) in [5.74, 6) is 0.791. The number of nitrogens with one attached hydrogen (secondary N) is 1. The summed E-state index contributed by atoms with van der Waals surface area (Å²) in [6, 6.07) is 10.3. The molecule has 3 nitrogen and oxygen atoms in total. The van der Waals surface area contributed by atoms with Crippen LogP contribution in [0.1, 0.15) is 11.1 Å². The average molecular weight is 360 g/mol. The van der Waals surface area contributed by atoms with Crippen molar-refractivity contribution in [1.82, 2.24) is 9.97 Å². The second-order valence-corrected chi connectivity index (χ2v) is 6.60. The van der Waals surface area contributed by atoms with E-state index in [-0.39, 0.29) is 0 Å². The molecule has 0 saturated carbocycles. The summed E-state index contributed by atoms with van der Waals surface area (Å²) >= 11 is 4.95. The van der Waals surface area contributed by atoms with Crippen molar-refractivity contribution in [2.75, 3.05) is 5.32 Å². The number of benzene rings is 1. The molecule has 0 bridgehead atoms. The van der Waals surface area contributed by atoms with Gasteiger partial charge in [0.25, 0.3) is 0 Å². The smallest absolute Gasteiger partial charge is 0.188 e. The van der Waals surface area contributed by atoms with E-state index < -0.39 is 0 Å². The summed E-state index contributed by atoms with van der Waals surface area (Å²) in [4.78, 5) is 8.91. The van der Waals surface area contributed by atoms with Crippen LogP contribution in [0.25, 0.3) is 11.3 Å². The topological polar surface area (TPSA) is 37.8 Å². The summed E-state index contributed by atoms with van der Waals surface area (Å²) in [5, 5.41) is 6.13. The van der Waals surface area contributed by atoms with Crippen LogP contribution in [0, 0.1) is 13.8 Å². The Hall–Kier alpha value is -1.72. The first-order valence-electron chi connectivity index (χ1n) is 6.53. The molecule has 0 unspecified atom stereocenters. The molecular weight excluding hydrogens is 346 g/mol. The van der Waals surface area contributed by atoms with E-state index in [1.807, 2.05) is 12.1 Å². The largest absolute Gasteiger partial charge is 0.316 e. The summed E-state index contributed by atoms with van der Waals surface area (Å²) in [6.07, 6.45) is 1.76. The lowest BCUT2D eigenvalue weighted by molar-refractivity contribution is 1.27. The molecule has 3 rings (SSSR count). The third-order valence-corrected chi connectivity index (χ3v) is 4.50. The van der Waals surface area contributed by atoms with Crippen molar-refractivity contribution in [2.45, 2.75) is 13.8 Å². The molecule has 0 radical (unpaired) electrons. The van der Waals surface area contributed by atoms with E-state index in [2.05, 4.69) is 68.6 Å². The van der Waals surface area contributed by atoms with Gasteiger partial charge in [-0.05, 0) is 59.1 Å². The van der Waals surface area contributed by atoms with E-state index >= 15 is 0 Å². The molecule has 0 saturated heterocycles. The predicted octanol–water partition coefficient (Wildman–Crippen LogP) is 5.33. The van der Waals surface area contributed by atoms with Gasteiger partial charge >= 0.3 is 0 Å². The number of thiazole rings is 1. The number of anilines is 2. The monoisotopic (exact) mass is 359 g/mol. The van der Waals surface area contributed by atoms with Crippen LogP contribution in [0.5, 0.6) is 0 Å². The highest BCUT2D eigenvalue weighted by atomic mass is 79.9. The third kappa shape index (κ3) is 3.31. The predicted molar refractivity (Wildman–Crippen MR) is 92.2 cm³/mol. The molecule has 2 heterocycles. The Balaban J connectivity index is 1.82. The van der Waals surface area contributed by atoms with Gasteiger partial charge in [-0.3, -0.25) is 0 Å². The Morgan fingerprint density at radius 2 is 1.95 bits per heavy atom. The Kier molecular flexibility index (Phi) is 4.03. The minimum absolute atomic E-state index is 0.791. The van der Waals surface area contributed by atoms with Gasteiger partial charge in [-0.15, -0.1) is 11.3 Å². The van der Waals surface area contributed by atoms with Gasteiger partial charge in [0.1, 0.15) is 5.82 Å². The highest BCUT2D eigenvalue weighted by Crippen LogP contribution is 2.28. The standard InChI is InChI=1S/C16H14BrN3S/c1-10-3-4-12(7-11(10)2)14-9-21-16(19-14)20-15-6-5-13(17)8-18-15/h3-9H,1-2H3,(H,18,19,20). The lowest BCUT2D eigenvalue weighted by Crippen LogP contribution is -1.92. The summed E-state index contributed by atoms with van der Waals surface area (Å²) < 4.78 is 0.961. The van der Waals surface area contributed by atoms with Crippen molar-refractivity contribution in [1.29, 1.82) is 0 Å². The molecule has 0 fully saturated rings. The van der Waals surface area contributed by atoms with E-state index in [0.717, 1.165) is 26.7 Å². The van der Waals surface area contributed by atoms with Crippen LogP contribution in [0.4, 0.5) is 10.9 Å². The zero-order valence-corrected chi connectivity index (χ0v) is 14.1. The number of aryl methyl sites for hydroxylation is 2. The number of halogens is 1. The van der Waals surface area contributed by atoms with E-state index in [0.29, 0.717) is 0 Å². The molecule has 106 valence electrons. The normalized spacial score (nSPS) is 10.6. The van der Waals surface area contributed by atoms with Gasteiger partial charge in [-0.2, -0.15) is 0 Å². The molecule has 0 aliphatic carbocycles. The highest BCUT2D eigenvalue weighted by molar-refractivity contribution is 9.10. The Morgan fingerprint density at radius 3 is 2.67 bits per heavy atom. The van der Waals surface area contributed by atoms with Crippen LogP contribution in [0.2, 0.25) is 0 Å². The van der Waals surface area contributed by atoms with Crippen LogP contribution in [0.3, 0.4) is 0 Å². The summed E-state index contributed by atoms with van der Waals surface area (Å²) in [5.41, 5.74) is 4.71. The molecule has 2 aromatic heterocycles. The van der Waals surface area contributed by atoms with E-state index in [1.54, 1.807) is 17.5 Å². The van der Waals surface area contributed by atoms with Gasteiger partial charge in [-0.25, -0.2) is 9.97 Å². The van der Waals surface area contributed by atoms with Crippen molar-refractivity contribution in [3.05, 3.63) is 57.5 Å². The fourth-order valence-electron chi connectivity index (χ4n) is 1.92. The van der Waals surface area contributed by atoms with Gasteiger partial charge in [0.05, 0.1) is 5.69 Å². The number of nitrogens with zero attached hydrogens (tertiary/aromatic N) is 2. The maximum atomic E-state index is 4.62. The number of rotatable bonds is 3. The van der Waals surface area contributed by atoms with Crippen LogP contribution < -0.4 is 5.32 Å². The minimum Gasteiger partial charge on any atom is -0.316 e. The summed E-state index contributed by atoms with van der Waals surface area (Å²) in [7, 11) is 0.